The van der Waals surface area contributed by atoms with Gasteiger partial charge in [0.1, 0.15) is 5.82 Å². The van der Waals surface area contributed by atoms with Crippen molar-refractivity contribution in [2.45, 2.75) is 26.8 Å². The van der Waals surface area contributed by atoms with E-state index in [-0.39, 0.29) is 0 Å². The molecule has 3 N–H and O–H groups in total. The monoisotopic (exact) mass is 272 g/mol. The predicted molar refractivity (Wildman–Crippen MR) is 87.0 cm³/mol. The van der Waals surface area contributed by atoms with E-state index in [1.807, 2.05) is 24.3 Å². The van der Waals surface area contributed by atoms with Gasteiger partial charge in [-0.15, -0.1) is 0 Å². The van der Waals surface area contributed by atoms with Crippen molar-refractivity contribution in [3.05, 3.63) is 30.3 Å². The Balaban J connectivity index is 2.07. The van der Waals surface area contributed by atoms with Crippen LogP contribution in [0.25, 0.3) is 10.9 Å². The average Bonchev–Trinajstić information content (AvgIpc) is 2.45. The van der Waals surface area contributed by atoms with Gasteiger partial charge in [-0.05, 0) is 50.3 Å². The lowest BCUT2D eigenvalue weighted by Crippen LogP contribution is -2.34. The first-order valence-electron chi connectivity index (χ1n) is 7.27. The van der Waals surface area contributed by atoms with Gasteiger partial charge in [-0.2, -0.15) is 0 Å². The average molecular weight is 272 g/mol. The number of nitrogens with one attached hydrogen (secondary N) is 1. The Labute approximate surface area is 121 Å². The molecule has 0 spiro atoms. The minimum atomic E-state index is 0.369. The van der Waals surface area contributed by atoms with Gasteiger partial charge in [-0.1, -0.05) is 13.8 Å². The van der Waals surface area contributed by atoms with E-state index in [4.69, 9.17) is 5.73 Å². The van der Waals surface area contributed by atoms with E-state index in [0.717, 1.165) is 42.0 Å². The molecule has 0 bridgehead atoms. The summed E-state index contributed by atoms with van der Waals surface area (Å²) in [7, 11) is 0. The predicted octanol–water partition coefficient (Wildman–Crippen LogP) is 2.96. The van der Waals surface area contributed by atoms with Crippen molar-refractivity contribution in [2.24, 2.45) is 0 Å². The fourth-order valence-electron chi connectivity index (χ4n) is 2.39. The molecule has 1 unspecified atom stereocenters. The SMILES string of the molecule is CCN(CC)CC(C)Nc1ccc2cc(N)ccc2n1. The second-order valence-corrected chi connectivity index (χ2v) is 5.18. The summed E-state index contributed by atoms with van der Waals surface area (Å²) >= 11 is 0. The van der Waals surface area contributed by atoms with Crippen LogP contribution in [0.4, 0.5) is 11.5 Å². The summed E-state index contributed by atoms with van der Waals surface area (Å²) in [5, 5.41) is 4.54. The number of likely N-dealkylation sites (N-methyl/N-ethyl adjacent to an activating group) is 1. The van der Waals surface area contributed by atoms with Crippen LogP contribution in [-0.2, 0) is 0 Å². The normalized spacial score (nSPS) is 12.8. The van der Waals surface area contributed by atoms with Gasteiger partial charge in [0.05, 0.1) is 5.52 Å². The first kappa shape index (κ1) is 14.6. The van der Waals surface area contributed by atoms with E-state index < -0.39 is 0 Å². The number of nitrogen functional groups attached to an aromatic ring is 1. The van der Waals surface area contributed by atoms with Crippen LogP contribution in [0.5, 0.6) is 0 Å². The molecule has 0 radical (unpaired) electrons. The Morgan fingerprint density at radius 2 is 1.95 bits per heavy atom. The van der Waals surface area contributed by atoms with Crippen molar-refractivity contribution in [2.75, 3.05) is 30.7 Å². The summed E-state index contributed by atoms with van der Waals surface area (Å²) in [4.78, 5) is 7.03. The number of anilines is 2. The van der Waals surface area contributed by atoms with Crippen LogP contribution >= 0.6 is 0 Å². The smallest absolute Gasteiger partial charge is 0.126 e. The third-order valence-corrected chi connectivity index (χ3v) is 3.53. The van der Waals surface area contributed by atoms with Crippen molar-refractivity contribution in [1.82, 2.24) is 9.88 Å². The Hall–Kier alpha value is -1.81. The van der Waals surface area contributed by atoms with E-state index in [0.29, 0.717) is 6.04 Å². The van der Waals surface area contributed by atoms with Crippen molar-refractivity contribution in [3.8, 4) is 0 Å². The zero-order valence-corrected chi connectivity index (χ0v) is 12.6. The Kier molecular flexibility index (Phi) is 4.79. The molecule has 0 aliphatic rings. The Bertz CT molecular complexity index is 563. The molecule has 20 heavy (non-hydrogen) atoms. The molecule has 1 atom stereocenters. The summed E-state index contributed by atoms with van der Waals surface area (Å²) in [6, 6.07) is 10.2. The molecule has 2 aromatic rings. The lowest BCUT2D eigenvalue weighted by Gasteiger charge is -2.23. The third-order valence-electron chi connectivity index (χ3n) is 3.53. The molecule has 1 heterocycles. The number of nitrogens with zero attached hydrogens (tertiary/aromatic N) is 2. The van der Waals surface area contributed by atoms with Gasteiger partial charge >= 0.3 is 0 Å². The van der Waals surface area contributed by atoms with E-state index in [2.05, 4.69) is 42.0 Å². The van der Waals surface area contributed by atoms with Gasteiger partial charge in [0.15, 0.2) is 0 Å². The number of rotatable bonds is 6. The van der Waals surface area contributed by atoms with Gasteiger partial charge in [0.25, 0.3) is 0 Å². The zero-order valence-electron chi connectivity index (χ0n) is 12.6. The molecule has 1 aromatic heterocycles. The number of pyridine rings is 1. The zero-order chi connectivity index (χ0) is 14.5. The topological polar surface area (TPSA) is 54.2 Å². The molecule has 4 heteroatoms. The third kappa shape index (κ3) is 3.61. The standard InChI is InChI=1S/C16H24N4/c1-4-20(5-2)11-12(3)18-16-9-6-13-10-14(17)7-8-15(13)19-16/h6-10,12H,4-5,11,17H2,1-3H3,(H,18,19). The van der Waals surface area contributed by atoms with Gasteiger partial charge in [-0.25, -0.2) is 4.98 Å². The highest BCUT2D eigenvalue weighted by atomic mass is 15.1. The Morgan fingerprint density at radius 3 is 2.65 bits per heavy atom. The summed E-state index contributed by atoms with van der Waals surface area (Å²) < 4.78 is 0. The van der Waals surface area contributed by atoms with Crippen molar-refractivity contribution < 1.29 is 0 Å². The number of benzene rings is 1. The van der Waals surface area contributed by atoms with Crippen LogP contribution in [0.1, 0.15) is 20.8 Å². The van der Waals surface area contributed by atoms with Crippen LogP contribution < -0.4 is 11.1 Å². The van der Waals surface area contributed by atoms with E-state index in [1.54, 1.807) is 0 Å². The molecule has 0 aliphatic heterocycles. The summed E-state index contributed by atoms with van der Waals surface area (Å²) in [5.74, 6) is 0.918. The number of hydrogen-bond acceptors (Lipinski definition) is 4. The highest BCUT2D eigenvalue weighted by Crippen LogP contribution is 2.18. The van der Waals surface area contributed by atoms with Crippen LogP contribution in [0.3, 0.4) is 0 Å². The van der Waals surface area contributed by atoms with Crippen molar-refractivity contribution in [1.29, 1.82) is 0 Å². The van der Waals surface area contributed by atoms with Crippen molar-refractivity contribution >= 4 is 22.4 Å². The van der Waals surface area contributed by atoms with Crippen molar-refractivity contribution in [3.63, 3.8) is 0 Å². The number of fused-ring (bicyclic) bond motifs is 1. The van der Waals surface area contributed by atoms with Gasteiger partial charge in [-0.3, -0.25) is 0 Å². The highest BCUT2D eigenvalue weighted by Gasteiger charge is 2.08. The molecule has 0 amide bonds. The van der Waals surface area contributed by atoms with E-state index >= 15 is 0 Å². The maximum absolute atomic E-state index is 5.78. The molecule has 4 nitrogen and oxygen atoms in total. The van der Waals surface area contributed by atoms with Crippen LogP contribution in [0, 0.1) is 0 Å². The maximum atomic E-state index is 5.78. The maximum Gasteiger partial charge on any atom is 0.126 e. The van der Waals surface area contributed by atoms with Crippen LogP contribution in [0.15, 0.2) is 30.3 Å². The quantitative estimate of drug-likeness (QED) is 0.794. The summed E-state index contributed by atoms with van der Waals surface area (Å²) in [6.45, 7) is 9.74. The number of nitrogens with two attached hydrogens (primary N) is 1. The molecular formula is C16H24N4. The number of hydrogen-bond donors (Lipinski definition) is 2. The molecule has 0 fully saturated rings. The summed E-state index contributed by atoms with van der Waals surface area (Å²) in [6.07, 6.45) is 0. The first-order valence-corrected chi connectivity index (χ1v) is 7.27. The van der Waals surface area contributed by atoms with Gasteiger partial charge in [0.2, 0.25) is 0 Å². The molecule has 1 aromatic carbocycles. The second-order valence-electron chi connectivity index (χ2n) is 5.18. The van der Waals surface area contributed by atoms with Gasteiger partial charge in [0, 0.05) is 23.7 Å². The lowest BCUT2D eigenvalue weighted by molar-refractivity contribution is 0.294. The van der Waals surface area contributed by atoms with E-state index in [1.165, 1.54) is 0 Å². The minimum absolute atomic E-state index is 0.369. The fraction of sp³-hybridized carbons (Fsp3) is 0.438. The second kappa shape index (κ2) is 6.57. The molecule has 108 valence electrons. The number of aromatic nitrogens is 1. The van der Waals surface area contributed by atoms with E-state index in [9.17, 15) is 0 Å². The Morgan fingerprint density at radius 1 is 1.20 bits per heavy atom. The first-order chi connectivity index (χ1) is 9.62. The van der Waals surface area contributed by atoms with Crippen LogP contribution in [0.2, 0.25) is 0 Å². The molecule has 0 saturated heterocycles. The molecular weight excluding hydrogens is 248 g/mol. The summed E-state index contributed by atoms with van der Waals surface area (Å²) in [5.41, 5.74) is 7.52. The van der Waals surface area contributed by atoms with Crippen LogP contribution in [-0.4, -0.2) is 35.6 Å². The fourth-order valence-corrected chi connectivity index (χ4v) is 2.39. The minimum Gasteiger partial charge on any atom is -0.399 e. The molecule has 0 saturated carbocycles. The lowest BCUT2D eigenvalue weighted by atomic mass is 10.2. The largest absolute Gasteiger partial charge is 0.399 e. The van der Waals surface area contributed by atoms with Gasteiger partial charge < -0.3 is 16.0 Å². The highest BCUT2D eigenvalue weighted by molar-refractivity contribution is 5.83. The molecule has 2 rings (SSSR count). The molecule has 0 aliphatic carbocycles.